The summed E-state index contributed by atoms with van der Waals surface area (Å²) in [5, 5.41) is 3.53. The van der Waals surface area contributed by atoms with Gasteiger partial charge in [0.1, 0.15) is 0 Å². The Balaban J connectivity index is 2.60. The van der Waals surface area contributed by atoms with Gasteiger partial charge < -0.3 is 11.1 Å². The van der Waals surface area contributed by atoms with Crippen molar-refractivity contribution in [3.8, 4) is 0 Å². The van der Waals surface area contributed by atoms with Crippen molar-refractivity contribution in [3.63, 3.8) is 0 Å². The van der Waals surface area contributed by atoms with E-state index in [9.17, 15) is 0 Å². The molecule has 0 aromatic heterocycles. The molecule has 90 valence electrons. The third-order valence-corrected chi connectivity index (χ3v) is 2.98. The Hall–Kier alpha value is -1.02. The zero-order valence-corrected chi connectivity index (χ0v) is 10.7. The Kier molecular flexibility index (Phi) is 4.81. The summed E-state index contributed by atoms with van der Waals surface area (Å²) in [6, 6.07) is 8.50. The molecule has 0 aliphatic rings. The van der Waals surface area contributed by atoms with Gasteiger partial charge in [-0.2, -0.15) is 0 Å². The molecule has 0 aliphatic heterocycles. The molecule has 1 aromatic carbocycles. The van der Waals surface area contributed by atoms with Crippen molar-refractivity contribution in [1.29, 1.82) is 0 Å². The second-order valence-corrected chi connectivity index (χ2v) is 5.07. The molecule has 16 heavy (non-hydrogen) atoms. The van der Waals surface area contributed by atoms with Crippen molar-refractivity contribution in [2.24, 2.45) is 11.1 Å². The van der Waals surface area contributed by atoms with Crippen LogP contribution in [0.2, 0.25) is 0 Å². The first-order valence-corrected chi connectivity index (χ1v) is 6.11. The maximum atomic E-state index is 5.61. The van der Waals surface area contributed by atoms with E-state index in [0.29, 0.717) is 0 Å². The largest absolute Gasteiger partial charge is 0.384 e. The fourth-order valence-electron chi connectivity index (χ4n) is 1.81. The molecule has 0 amide bonds. The highest BCUT2D eigenvalue weighted by atomic mass is 14.9. The smallest absolute Gasteiger partial charge is 0.0372 e. The van der Waals surface area contributed by atoms with Crippen molar-refractivity contribution >= 4 is 5.69 Å². The van der Waals surface area contributed by atoms with Crippen LogP contribution in [0, 0.1) is 5.41 Å². The Morgan fingerprint density at radius 3 is 2.56 bits per heavy atom. The quantitative estimate of drug-likeness (QED) is 0.773. The highest BCUT2D eigenvalue weighted by Crippen LogP contribution is 2.22. The summed E-state index contributed by atoms with van der Waals surface area (Å²) in [4.78, 5) is 0. The number of hydrogen-bond acceptors (Lipinski definition) is 2. The predicted molar refractivity (Wildman–Crippen MR) is 71.8 cm³/mol. The fraction of sp³-hybridized carbons (Fsp3) is 0.571. The van der Waals surface area contributed by atoms with Crippen LogP contribution in [-0.2, 0) is 6.42 Å². The molecule has 0 bridgehead atoms. The molecule has 3 N–H and O–H groups in total. The van der Waals surface area contributed by atoms with Gasteiger partial charge in [0.2, 0.25) is 0 Å². The molecular formula is C14H24N2. The van der Waals surface area contributed by atoms with Crippen LogP contribution in [0.5, 0.6) is 0 Å². The lowest BCUT2D eigenvalue weighted by Gasteiger charge is -2.25. The molecule has 0 spiro atoms. The lowest BCUT2D eigenvalue weighted by atomic mass is 9.89. The molecule has 2 nitrogen and oxygen atoms in total. The Bertz CT molecular complexity index is 318. The molecule has 2 heteroatoms. The summed E-state index contributed by atoms with van der Waals surface area (Å²) < 4.78 is 0. The van der Waals surface area contributed by atoms with Crippen molar-refractivity contribution in [1.82, 2.24) is 0 Å². The number of benzene rings is 1. The van der Waals surface area contributed by atoms with Crippen LogP contribution in [0.1, 0.15) is 32.8 Å². The van der Waals surface area contributed by atoms with E-state index in [4.69, 9.17) is 5.73 Å². The van der Waals surface area contributed by atoms with E-state index in [-0.39, 0.29) is 5.41 Å². The number of anilines is 1. The third kappa shape index (κ3) is 3.86. The van der Waals surface area contributed by atoms with E-state index in [1.807, 2.05) is 0 Å². The third-order valence-electron chi connectivity index (χ3n) is 2.98. The minimum Gasteiger partial charge on any atom is -0.384 e. The molecule has 1 rings (SSSR count). The Morgan fingerprint density at radius 1 is 1.25 bits per heavy atom. The van der Waals surface area contributed by atoms with Crippen LogP contribution in [-0.4, -0.2) is 13.1 Å². The summed E-state index contributed by atoms with van der Waals surface area (Å²) in [6.07, 6.45) is 2.12. The second kappa shape index (κ2) is 5.90. The van der Waals surface area contributed by atoms with Gasteiger partial charge in [-0.25, -0.2) is 0 Å². The van der Waals surface area contributed by atoms with Gasteiger partial charge in [-0.1, -0.05) is 39.0 Å². The standard InChI is InChI=1S/C14H24N2/c1-4-12-7-5-6-8-13(12)16-11-14(2,3)9-10-15/h5-8,16H,4,9-11,15H2,1-3H3. The van der Waals surface area contributed by atoms with Crippen molar-refractivity contribution in [2.75, 3.05) is 18.4 Å². The fourth-order valence-corrected chi connectivity index (χ4v) is 1.81. The minimum absolute atomic E-state index is 0.260. The van der Waals surface area contributed by atoms with E-state index < -0.39 is 0 Å². The number of nitrogens with two attached hydrogens (primary N) is 1. The number of nitrogens with one attached hydrogen (secondary N) is 1. The molecule has 0 saturated heterocycles. The SMILES string of the molecule is CCc1ccccc1NCC(C)(C)CCN. The maximum absolute atomic E-state index is 5.61. The highest BCUT2D eigenvalue weighted by Gasteiger charge is 2.16. The average molecular weight is 220 g/mol. The molecule has 1 aromatic rings. The molecular weight excluding hydrogens is 196 g/mol. The van der Waals surface area contributed by atoms with Crippen molar-refractivity contribution < 1.29 is 0 Å². The predicted octanol–water partition coefficient (Wildman–Crippen LogP) is 3.04. The zero-order chi connectivity index (χ0) is 12.0. The Labute approximate surface area is 99.2 Å². The first-order valence-electron chi connectivity index (χ1n) is 6.11. The first-order chi connectivity index (χ1) is 7.59. The number of rotatable bonds is 6. The van der Waals surface area contributed by atoms with Crippen molar-refractivity contribution in [2.45, 2.75) is 33.6 Å². The first kappa shape index (κ1) is 13.0. The summed E-state index contributed by atoms with van der Waals surface area (Å²) in [6.45, 7) is 8.42. The van der Waals surface area contributed by atoms with E-state index in [2.05, 4.69) is 50.4 Å². The van der Waals surface area contributed by atoms with Crippen LogP contribution < -0.4 is 11.1 Å². The molecule has 0 atom stereocenters. The molecule has 0 radical (unpaired) electrons. The van der Waals surface area contributed by atoms with Gasteiger partial charge in [0.05, 0.1) is 0 Å². The van der Waals surface area contributed by atoms with E-state index in [0.717, 1.165) is 25.9 Å². The Morgan fingerprint density at radius 2 is 1.94 bits per heavy atom. The monoisotopic (exact) mass is 220 g/mol. The average Bonchev–Trinajstić information content (AvgIpc) is 2.27. The number of para-hydroxylation sites is 1. The van der Waals surface area contributed by atoms with E-state index in [1.165, 1.54) is 11.3 Å². The van der Waals surface area contributed by atoms with Crippen LogP contribution in [0.15, 0.2) is 24.3 Å². The summed E-state index contributed by atoms with van der Waals surface area (Å²) in [7, 11) is 0. The lowest BCUT2D eigenvalue weighted by Crippen LogP contribution is -2.26. The second-order valence-electron chi connectivity index (χ2n) is 5.07. The number of hydrogen-bond donors (Lipinski definition) is 2. The molecule has 0 fully saturated rings. The zero-order valence-electron chi connectivity index (χ0n) is 10.7. The van der Waals surface area contributed by atoms with Crippen LogP contribution in [0.3, 0.4) is 0 Å². The normalized spacial score (nSPS) is 11.5. The summed E-state index contributed by atoms with van der Waals surface area (Å²) in [5.41, 5.74) is 8.51. The van der Waals surface area contributed by atoms with Gasteiger partial charge in [0.25, 0.3) is 0 Å². The van der Waals surface area contributed by atoms with Crippen LogP contribution in [0.4, 0.5) is 5.69 Å². The minimum atomic E-state index is 0.260. The van der Waals surface area contributed by atoms with Crippen LogP contribution in [0.25, 0.3) is 0 Å². The van der Waals surface area contributed by atoms with Crippen LogP contribution >= 0.6 is 0 Å². The van der Waals surface area contributed by atoms with Gasteiger partial charge in [-0.3, -0.25) is 0 Å². The van der Waals surface area contributed by atoms with Gasteiger partial charge in [-0.05, 0) is 36.4 Å². The molecule has 0 heterocycles. The summed E-state index contributed by atoms with van der Waals surface area (Å²) in [5.74, 6) is 0. The van der Waals surface area contributed by atoms with E-state index in [1.54, 1.807) is 0 Å². The van der Waals surface area contributed by atoms with Gasteiger partial charge >= 0.3 is 0 Å². The summed E-state index contributed by atoms with van der Waals surface area (Å²) >= 11 is 0. The molecule has 0 aliphatic carbocycles. The highest BCUT2D eigenvalue weighted by molar-refractivity contribution is 5.51. The topological polar surface area (TPSA) is 38.0 Å². The van der Waals surface area contributed by atoms with Crippen molar-refractivity contribution in [3.05, 3.63) is 29.8 Å². The van der Waals surface area contributed by atoms with E-state index >= 15 is 0 Å². The molecule has 0 unspecified atom stereocenters. The maximum Gasteiger partial charge on any atom is 0.0372 e. The van der Waals surface area contributed by atoms with Gasteiger partial charge in [-0.15, -0.1) is 0 Å². The molecule has 0 saturated carbocycles. The number of aryl methyl sites for hydroxylation is 1. The van der Waals surface area contributed by atoms with Gasteiger partial charge in [0, 0.05) is 12.2 Å². The van der Waals surface area contributed by atoms with Gasteiger partial charge in [0.15, 0.2) is 0 Å². The lowest BCUT2D eigenvalue weighted by molar-refractivity contribution is 0.365.